The maximum Gasteiger partial charge on any atom is 0.407 e. The van der Waals surface area contributed by atoms with E-state index in [-0.39, 0.29) is 97.8 Å². The molecule has 0 heterocycles. The first-order valence-electron chi connectivity index (χ1n) is 29.2. The highest BCUT2D eigenvalue weighted by molar-refractivity contribution is 7.53. The summed E-state index contributed by atoms with van der Waals surface area (Å²) in [6.07, 6.45) is 7.12. The van der Waals surface area contributed by atoms with Gasteiger partial charge in [-0.3, -0.25) is 13.7 Å². The molecule has 0 aromatic heterocycles. The van der Waals surface area contributed by atoms with Crippen LogP contribution in [0.25, 0.3) is 0 Å². The minimum atomic E-state index is -4.02. The van der Waals surface area contributed by atoms with Crippen molar-refractivity contribution in [2.75, 3.05) is 237 Å². The molecule has 504 valence electrons. The summed E-state index contributed by atoms with van der Waals surface area (Å²) in [5, 5.41) is 17.3. The summed E-state index contributed by atoms with van der Waals surface area (Å²) in [7, 11) is -6.31. The number of carbonyl (C=O) groups excluding carboxylic acids is 3. The Morgan fingerprint density at radius 2 is 0.488 bits per heavy atom. The van der Waals surface area contributed by atoms with Gasteiger partial charge in [-0.1, -0.05) is 19.3 Å². The Balaban J connectivity index is -0.00000117. The van der Waals surface area contributed by atoms with Crippen LogP contribution in [0, 0.1) is 0 Å². The van der Waals surface area contributed by atoms with Gasteiger partial charge >= 0.3 is 41.3 Å². The Bertz CT molecular complexity index is 1430. The number of halogens is 3. The number of unbranched alkanes of at least 4 members (excludes halogenated alkanes) is 6. The fraction of sp³-hybridized carbons (Fsp3) is 0.941. The van der Waals surface area contributed by atoms with Gasteiger partial charge in [0.15, 0.2) is 0 Å². The summed E-state index contributed by atoms with van der Waals surface area (Å²) in [5.74, 6) is 0. The van der Waals surface area contributed by atoms with Crippen LogP contribution in [0.4, 0.5) is 27.0 Å². The molecule has 33 heteroatoms. The minimum absolute atomic E-state index is 0.0169. The molecule has 0 saturated carbocycles. The highest BCUT2D eigenvalue weighted by Gasteiger charge is 2.22. The van der Waals surface area contributed by atoms with E-state index >= 15 is 0 Å². The molecule has 3 unspecified atom stereocenters. The summed E-state index contributed by atoms with van der Waals surface area (Å²) >= 11 is 0. The van der Waals surface area contributed by atoms with Crippen LogP contribution in [0.2, 0.25) is 0 Å². The lowest BCUT2D eigenvalue weighted by Gasteiger charge is -2.09. The number of rotatable bonds is 60. The molecule has 0 aliphatic rings. The molecule has 3 atom stereocenters. The van der Waals surface area contributed by atoms with E-state index in [0.717, 1.165) is 77.4 Å². The molecule has 0 spiro atoms. The van der Waals surface area contributed by atoms with Crippen LogP contribution in [0.15, 0.2) is 0 Å². The highest BCUT2D eigenvalue weighted by atomic mass is 31.2. The smallest absolute Gasteiger partial charge is 0.407 e. The summed E-state index contributed by atoms with van der Waals surface area (Å²) in [6, 6.07) is 0. The number of ether oxygens (including phenoxy) is 12. The number of alkyl carbamates (subject to hydrolysis) is 3. The molecule has 0 fully saturated rings. The zero-order chi connectivity index (χ0) is 62.8. The Hall–Kier alpha value is -2.31. The van der Waals surface area contributed by atoms with Crippen LogP contribution >= 0.6 is 23.0 Å². The average molecular weight is 1290 g/mol. The normalized spacial score (nSPS) is 13.2. The van der Waals surface area contributed by atoms with Gasteiger partial charge in [0.1, 0.15) is 19.8 Å². The van der Waals surface area contributed by atoms with Crippen molar-refractivity contribution in [3.63, 3.8) is 0 Å². The number of hydrogen-bond acceptors (Lipinski definition) is 24. The van der Waals surface area contributed by atoms with Crippen LogP contribution in [0.1, 0.15) is 78.6 Å². The van der Waals surface area contributed by atoms with Crippen molar-refractivity contribution in [1.29, 1.82) is 0 Å². The predicted molar refractivity (Wildman–Crippen MR) is 314 cm³/mol. The molecule has 0 saturated heterocycles. The largest absolute Gasteiger partial charge is 0.447 e. The van der Waals surface area contributed by atoms with E-state index in [4.69, 9.17) is 56.8 Å². The first-order chi connectivity index (χ1) is 40.5. The van der Waals surface area contributed by atoms with Crippen LogP contribution in [-0.4, -0.2) is 256 Å². The first-order valence-corrected chi connectivity index (χ1v) is 34.3. The van der Waals surface area contributed by atoms with Crippen molar-refractivity contribution in [2.24, 2.45) is 0 Å². The maximum absolute atomic E-state index is 13.2. The molecule has 0 rings (SSSR count). The number of amides is 3. The van der Waals surface area contributed by atoms with E-state index in [1.807, 2.05) is 21.1 Å². The molecule has 0 aromatic rings. The van der Waals surface area contributed by atoms with Gasteiger partial charge in [-0.05, 0) is 100 Å². The van der Waals surface area contributed by atoms with Crippen LogP contribution in [0.3, 0.4) is 0 Å². The van der Waals surface area contributed by atoms with Gasteiger partial charge in [-0.15, -0.1) is 0 Å². The molecule has 0 aromatic carbocycles. The van der Waals surface area contributed by atoms with Crippen LogP contribution < -0.4 is 31.9 Å². The van der Waals surface area contributed by atoms with Crippen molar-refractivity contribution in [3.05, 3.63) is 0 Å². The molecule has 0 radical (unpaired) electrons. The van der Waals surface area contributed by atoms with Crippen LogP contribution in [-0.2, 0) is 84.1 Å². The molecule has 0 aliphatic carbocycles. The van der Waals surface area contributed by atoms with Gasteiger partial charge in [-0.2, -0.15) is 12.6 Å². The maximum atomic E-state index is 13.2. The van der Waals surface area contributed by atoms with E-state index in [1.54, 1.807) is 20.8 Å². The van der Waals surface area contributed by atoms with Gasteiger partial charge in [0.05, 0.1) is 157 Å². The predicted octanol–water partition coefficient (Wildman–Crippen LogP) is 7.05. The molecule has 84 heavy (non-hydrogen) atoms. The average Bonchev–Trinajstić information content (AvgIpc) is 3.45. The molecule has 6 N–H and O–H groups in total. The topological polar surface area (TPSA) is 313 Å². The van der Waals surface area contributed by atoms with Gasteiger partial charge < -0.3 is 102 Å². The second-order valence-electron chi connectivity index (χ2n) is 17.4. The Morgan fingerprint density at radius 1 is 0.298 bits per heavy atom. The third kappa shape index (κ3) is 73.9. The van der Waals surface area contributed by atoms with Gasteiger partial charge in [0, 0.05) is 19.6 Å². The zero-order valence-electron chi connectivity index (χ0n) is 51.2. The molecular weight excluding hydrogens is 1180 g/mol. The lowest BCUT2D eigenvalue weighted by molar-refractivity contribution is 0.00739. The summed E-state index contributed by atoms with van der Waals surface area (Å²) in [4.78, 5) is 34.2. The second-order valence-corrected chi connectivity index (χ2v) is 23.0. The third-order valence-electron chi connectivity index (χ3n) is 10.2. The lowest BCUT2D eigenvalue weighted by Crippen LogP contribution is -2.26. The van der Waals surface area contributed by atoms with E-state index in [2.05, 4.69) is 45.5 Å². The Morgan fingerprint density at radius 3 is 0.690 bits per heavy atom. The molecule has 3 amide bonds. The van der Waals surface area contributed by atoms with E-state index in [9.17, 15) is 40.7 Å². The zero-order valence-corrected chi connectivity index (χ0v) is 53.9. The van der Waals surface area contributed by atoms with Crippen molar-refractivity contribution in [3.8, 4) is 0 Å². The monoisotopic (exact) mass is 1290 g/mol. The summed E-state index contributed by atoms with van der Waals surface area (Å²) in [5.41, 5.74) is 0. The van der Waals surface area contributed by atoms with Gasteiger partial charge in [-0.25, -0.2) is 14.4 Å². The lowest BCUT2D eigenvalue weighted by atomic mass is 10.2. The number of nitrogens with one attached hydrogen (secondary N) is 6. The summed E-state index contributed by atoms with van der Waals surface area (Å²) < 4.78 is 148. The van der Waals surface area contributed by atoms with E-state index in [1.165, 1.54) is 0 Å². The summed E-state index contributed by atoms with van der Waals surface area (Å²) in [6.45, 7) is 15.1. The molecule has 0 aliphatic heterocycles. The van der Waals surface area contributed by atoms with E-state index < -0.39 is 41.3 Å². The molecule has 27 nitrogen and oxygen atoms in total. The fourth-order valence-electron chi connectivity index (χ4n) is 6.03. The van der Waals surface area contributed by atoms with Crippen molar-refractivity contribution >= 4 is 41.3 Å². The third-order valence-corrected chi connectivity index (χ3v) is 14.3. The second kappa shape index (κ2) is 66.6. The first kappa shape index (κ1) is 85.9. The Kier molecular flexibility index (Phi) is 68.1. The SMILES string of the molecule is CCOP(=O)(F)CCOCCOCCOCCOC(=O)NCCCCCNC.CCOP(=O)(F)CCOCCOCCOCCOC(=O)NCCCCCNC.CCOP(=O)(F)CCOCCOCCOCCOC(=O)NCCCCCNC. The quantitative estimate of drug-likeness (QED) is 0.0202. The van der Waals surface area contributed by atoms with Gasteiger partial charge in [0.25, 0.3) is 0 Å². The van der Waals surface area contributed by atoms with E-state index in [0.29, 0.717) is 98.9 Å². The minimum Gasteiger partial charge on any atom is -0.447 e. The number of hydrogen-bond donors (Lipinski definition) is 6. The number of carbonyl (C=O) groups is 3. The fourth-order valence-corrected chi connectivity index (χ4v) is 8.62. The Labute approximate surface area is 498 Å². The van der Waals surface area contributed by atoms with Crippen molar-refractivity contribution < 1.29 is 111 Å². The van der Waals surface area contributed by atoms with Crippen LogP contribution in [0.5, 0.6) is 0 Å². The molecule has 0 bridgehead atoms. The molecular formula is C51H108F3N6O21P3. The highest BCUT2D eigenvalue weighted by Crippen LogP contribution is 2.49. The van der Waals surface area contributed by atoms with Crippen molar-refractivity contribution in [1.82, 2.24) is 31.9 Å². The van der Waals surface area contributed by atoms with Crippen molar-refractivity contribution in [2.45, 2.75) is 78.6 Å². The standard InChI is InChI=1S/3C17H36FN2O7P/c3*1-3-27-28(18,22)16-15-25-12-11-23-9-10-24-13-14-26-17(21)20-8-6-4-5-7-19-2/h3*19H,3-16H2,1-2H3,(H,20,21). The van der Waals surface area contributed by atoms with Gasteiger partial charge in [0.2, 0.25) is 0 Å².